The lowest BCUT2D eigenvalue weighted by molar-refractivity contribution is 0.102. The zero-order chi connectivity index (χ0) is 20.1. The van der Waals surface area contributed by atoms with Crippen molar-refractivity contribution in [1.29, 1.82) is 0 Å². The molecule has 5 heteroatoms. The Morgan fingerprint density at radius 2 is 1.69 bits per heavy atom. The standard InChI is InChI=1S/C24H28N4O/c1-2-9-23-22(18-25-28(23)21-10-5-3-6-11-21)24(29)26-19-12-14-20(15-13-19)27-16-7-4-8-17-27/h3,5-6,10-15,18H,2,4,7-9,16-17H2,1H3,(H,26,29). The van der Waals surface area contributed by atoms with Gasteiger partial charge >= 0.3 is 0 Å². The minimum absolute atomic E-state index is 0.110. The van der Waals surface area contributed by atoms with Gasteiger partial charge in [-0.2, -0.15) is 5.10 Å². The van der Waals surface area contributed by atoms with Gasteiger partial charge in [0.25, 0.3) is 5.91 Å². The van der Waals surface area contributed by atoms with Crippen LogP contribution < -0.4 is 10.2 Å². The van der Waals surface area contributed by atoms with Crippen molar-refractivity contribution in [1.82, 2.24) is 9.78 Å². The summed E-state index contributed by atoms with van der Waals surface area (Å²) in [5.74, 6) is -0.110. The highest BCUT2D eigenvalue weighted by Crippen LogP contribution is 2.23. The predicted molar refractivity (Wildman–Crippen MR) is 118 cm³/mol. The molecule has 2 aromatic carbocycles. The number of benzene rings is 2. The van der Waals surface area contributed by atoms with Crippen molar-refractivity contribution >= 4 is 17.3 Å². The summed E-state index contributed by atoms with van der Waals surface area (Å²) in [5, 5.41) is 7.53. The molecule has 150 valence electrons. The maximum atomic E-state index is 13.0. The van der Waals surface area contributed by atoms with E-state index in [2.05, 4.69) is 34.4 Å². The van der Waals surface area contributed by atoms with E-state index in [1.54, 1.807) is 6.20 Å². The Kier molecular flexibility index (Phi) is 5.94. The number of para-hydroxylation sites is 1. The first-order chi connectivity index (χ1) is 14.3. The van der Waals surface area contributed by atoms with Gasteiger partial charge in [0, 0.05) is 24.5 Å². The summed E-state index contributed by atoms with van der Waals surface area (Å²) in [6, 6.07) is 18.1. The molecule has 0 radical (unpaired) electrons. The second-order valence-corrected chi connectivity index (χ2v) is 7.55. The van der Waals surface area contributed by atoms with E-state index in [9.17, 15) is 4.79 Å². The van der Waals surface area contributed by atoms with Crippen molar-refractivity contribution in [3.8, 4) is 5.69 Å². The monoisotopic (exact) mass is 388 g/mol. The molecule has 0 bridgehead atoms. The van der Waals surface area contributed by atoms with Crippen molar-refractivity contribution in [2.24, 2.45) is 0 Å². The number of rotatable bonds is 6. The molecular formula is C24H28N4O. The number of nitrogens with zero attached hydrogens (tertiary/aromatic N) is 3. The normalized spacial score (nSPS) is 14.0. The summed E-state index contributed by atoms with van der Waals surface area (Å²) < 4.78 is 1.87. The Labute approximate surface area is 172 Å². The summed E-state index contributed by atoms with van der Waals surface area (Å²) in [5.41, 5.74) is 4.59. The average molecular weight is 389 g/mol. The largest absolute Gasteiger partial charge is 0.372 e. The highest BCUT2D eigenvalue weighted by atomic mass is 16.1. The van der Waals surface area contributed by atoms with Crippen LogP contribution in [0.15, 0.2) is 60.8 Å². The molecule has 2 heterocycles. The van der Waals surface area contributed by atoms with Crippen molar-refractivity contribution in [2.45, 2.75) is 39.0 Å². The fourth-order valence-corrected chi connectivity index (χ4v) is 3.94. The molecule has 5 nitrogen and oxygen atoms in total. The first kappa shape index (κ1) is 19.2. The van der Waals surface area contributed by atoms with Crippen LogP contribution in [-0.4, -0.2) is 28.8 Å². The van der Waals surface area contributed by atoms with Crippen molar-refractivity contribution in [2.75, 3.05) is 23.3 Å². The number of amides is 1. The molecule has 1 aliphatic rings. The van der Waals surface area contributed by atoms with Crippen LogP contribution in [0.3, 0.4) is 0 Å². The van der Waals surface area contributed by atoms with Gasteiger partial charge in [-0.05, 0) is 62.1 Å². The molecule has 1 saturated heterocycles. The molecule has 1 aliphatic heterocycles. The quantitative estimate of drug-likeness (QED) is 0.642. The highest BCUT2D eigenvalue weighted by molar-refractivity contribution is 6.05. The Morgan fingerprint density at radius 1 is 0.966 bits per heavy atom. The van der Waals surface area contributed by atoms with Crippen LogP contribution >= 0.6 is 0 Å². The van der Waals surface area contributed by atoms with E-state index < -0.39 is 0 Å². The van der Waals surface area contributed by atoms with Gasteiger partial charge in [-0.1, -0.05) is 31.5 Å². The number of nitrogens with one attached hydrogen (secondary N) is 1. The molecule has 29 heavy (non-hydrogen) atoms. The Balaban J connectivity index is 1.51. The molecule has 1 N–H and O–H groups in total. The lowest BCUT2D eigenvalue weighted by Crippen LogP contribution is -2.29. The Hall–Kier alpha value is -3.08. The third-order valence-corrected chi connectivity index (χ3v) is 5.45. The minimum Gasteiger partial charge on any atom is -0.372 e. The van der Waals surface area contributed by atoms with E-state index in [0.717, 1.165) is 43.0 Å². The second kappa shape index (κ2) is 8.95. The number of piperidine rings is 1. The molecule has 4 rings (SSSR count). The molecule has 0 aliphatic carbocycles. The van der Waals surface area contributed by atoms with Crippen LogP contribution in [-0.2, 0) is 6.42 Å². The fraction of sp³-hybridized carbons (Fsp3) is 0.333. The van der Waals surface area contributed by atoms with E-state index in [0.29, 0.717) is 5.56 Å². The number of hydrogen-bond donors (Lipinski definition) is 1. The van der Waals surface area contributed by atoms with Gasteiger partial charge in [0.2, 0.25) is 0 Å². The average Bonchev–Trinajstić information content (AvgIpc) is 3.20. The lowest BCUT2D eigenvalue weighted by atomic mass is 10.1. The smallest absolute Gasteiger partial charge is 0.259 e. The Bertz CT molecular complexity index is 941. The zero-order valence-electron chi connectivity index (χ0n) is 17.0. The molecule has 1 fully saturated rings. The predicted octanol–water partition coefficient (Wildman–Crippen LogP) is 5.07. The van der Waals surface area contributed by atoms with E-state index in [4.69, 9.17) is 0 Å². The zero-order valence-corrected chi connectivity index (χ0v) is 17.0. The number of anilines is 2. The first-order valence-electron chi connectivity index (χ1n) is 10.5. The van der Waals surface area contributed by atoms with Crippen LogP contribution in [0.25, 0.3) is 5.69 Å². The van der Waals surface area contributed by atoms with Gasteiger partial charge in [-0.25, -0.2) is 4.68 Å². The molecule has 0 atom stereocenters. The summed E-state index contributed by atoms with van der Waals surface area (Å²) in [7, 11) is 0. The van der Waals surface area contributed by atoms with Crippen molar-refractivity contribution < 1.29 is 4.79 Å². The van der Waals surface area contributed by atoms with E-state index in [-0.39, 0.29) is 5.91 Å². The summed E-state index contributed by atoms with van der Waals surface area (Å²) in [6.07, 6.45) is 7.25. The van der Waals surface area contributed by atoms with Gasteiger partial charge in [0.1, 0.15) is 0 Å². The van der Waals surface area contributed by atoms with Gasteiger partial charge in [0.05, 0.1) is 23.1 Å². The van der Waals surface area contributed by atoms with Gasteiger partial charge in [-0.15, -0.1) is 0 Å². The summed E-state index contributed by atoms with van der Waals surface area (Å²) in [6.45, 7) is 4.35. The number of carbonyl (C=O) groups excluding carboxylic acids is 1. The van der Waals surface area contributed by atoms with Crippen LogP contribution in [0, 0.1) is 0 Å². The van der Waals surface area contributed by atoms with Gasteiger partial charge < -0.3 is 10.2 Å². The van der Waals surface area contributed by atoms with Crippen LogP contribution in [0.5, 0.6) is 0 Å². The number of hydrogen-bond acceptors (Lipinski definition) is 3. The van der Waals surface area contributed by atoms with Crippen LogP contribution in [0.4, 0.5) is 11.4 Å². The van der Waals surface area contributed by atoms with Crippen LogP contribution in [0.1, 0.15) is 48.7 Å². The SMILES string of the molecule is CCCc1c(C(=O)Nc2ccc(N3CCCCC3)cc2)cnn1-c1ccccc1. The van der Waals surface area contributed by atoms with E-state index in [1.807, 2.05) is 47.1 Å². The molecule has 1 amide bonds. The topological polar surface area (TPSA) is 50.2 Å². The Morgan fingerprint density at radius 3 is 2.38 bits per heavy atom. The molecule has 3 aromatic rings. The van der Waals surface area contributed by atoms with Crippen LogP contribution in [0.2, 0.25) is 0 Å². The molecular weight excluding hydrogens is 360 g/mol. The first-order valence-corrected chi connectivity index (χ1v) is 10.5. The minimum atomic E-state index is -0.110. The maximum Gasteiger partial charge on any atom is 0.259 e. The molecule has 1 aromatic heterocycles. The summed E-state index contributed by atoms with van der Waals surface area (Å²) in [4.78, 5) is 15.4. The fourth-order valence-electron chi connectivity index (χ4n) is 3.94. The summed E-state index contributed by atoms with van der Waals surface area (Å²) >= 11 is 0. The number of carbonyl (C=O) groups is 1. The third-order valence-electron chi connectivity index (χ3n) is 5.45. The third kappa shape index (κ3) is 4.34. The molecule has 0 spiro atoms. The van der Waals surface area contributed by atoms with Crippen molar-refractivity contribution in [3.05, 3.63) is 72.1 Å². The van der Waals surface area contributed by atoms with Gasteiger partial charge in [-0.3, -0.25) is 4.79 Å². The van der Waals surface area contributed by atoms with E-state index in [1.165, 1.54) is 24.9 Å². The van der Waals surface area contributed by atoms with E-state index >= 15 is 0 Å². The van der Waals surface area contributed by atoms with Crippen molar-refractivity contribution in [3.63, 3.8) is 0 Å². The lowest BCUT2D eigenvalue weighted by Gasteiger charge is -2.28. The molecule has 0 unspecified atom stereocenters. The van der Waals surface area contributed by atoms with Gasteiger partial charge in [0.15, 0.2) is 0 Å². The highest BCUT2D eigenvalue weighted by Gasteiger charge is 2.18. The maximum absolute atomic E-state index is 13.0. The second-order valence-electron chi connectivity index (χ2n) is 7.55. The molecule has 0 saturated carbocycles. The number of aromatic nitrogens is 2.